The van der Waals surface area contributed by atoms with E-state index in [0.29, 0.717) is 12.2 Å². The molecule has 4 rings (SSSR count). The second-order valence-electron chi connectivity index (χ2n) is 6.64. The van der Waals surface area contributed by atoms with Crippen LogP contribution in [0.25, 0.3) is 10.9 Å². The van der Waals surface area contributed by atoms with Gasteiger partial charge in [0.1, 0.15) is 5.75 Å². The normalized spacial score (nSPS) is 11.7. The van der Waals surface area contributed by atoms with Crippen molar-refractivity contribution in [3.05, 3.63) is 69.4 Å². The molecule has 1 aliphatic rings. The number of fused-ring (bicyclic) bond motifs is 3. The fourth-order valence-corrected chi connectivity index (χ4v) is 3.82. The zero-order valence-electron chi connectivity index (χ0n) is 19.8. The summed E-state index contributed by atoms with van der Waals surface area (Å²) in [5.74, 6) is 0.313. The summed E-state index contributed by atoms with van der Waals surface area (Å²) < 4.78 is 0. The number of aromatic nitrogens is 1. The molecule has 0 unspecified atom stereocenters. The maximum absolute atomic E-state index is 10.6. The molecule has 1 heterocycles. The molecular weight excluding hydrogens is 390 g/mol. The van der Waals surface area contributed by atoms with E-state index < -0.39 is 0 Å². The Morgan fingerprint density at radius 3 is 2.10 bits per heavy atom. The molecule has 0 amide bonds. The van der Waals surface area contributed by atoms with Gasteiger partial charge in [-0.25, -0.2) is 4.98 Å². The van der Waals surface area contributed by atoms with Crippen LogP contribution < -0.4 is 0 Å². The van der Waals surface area contributed by atoms with E-state index in [4.69, 9.17) is 16.6 Å². The third-order valence-electron chi connectivity index (χ3n) is 5.07. The average Bonchev–Trinajstić information content (AvgIpc) is 2.82. The van der Waals surface area contributed by atoms with Crippen molar-refractivity contribution < 1.29 is 5.11 Å². The first kappa shape index (κ1) is 26.0. The van der Waals surface area contributed by atoms with Crippen LogP contribution in [0.3, 0.4) is 0 Å². The first-order valence-electron chi connectivity index (χ1n) is 11.5. The van der Waals surface area contributed by atoms with Crippen LogP contribution in [-0.2, 0) is 19.3 Å². The molecule has 0 saturated heterocycles. The van der Waals surface area contributed by atoms with E-state index in [1.54, 1.807) is 0 Å². The van der Waals surface area contributed by atoms with E-state index in [0.717, 1.165) is 45.6 Å². The van der Waals surface area contributed by atoms with Crippen LogP contribution in [0.4, 0.5) is 0 Å². The highest BCUT2D eigenvalue weighted by atomic mass is 35.5. The summed E-state index contributed by atoms with van der Waals surface area (Å²) in [4.78, 5) is 4.88. The standard InChI is InChI=1S/C21H20ClNO.3C2H6/c1-13-17-11-8-15-4-2-3-5-18(15)20(17)23-19(21(13)24)12-14-6-9-16(22)10-7-14;3*1-2/h6-11,24H,2-5,12H2,1H3;3*1-2H3. The van der Waals surface area contributed by atoms with Gasteiger partial charge in [0.05, 0.1) is 11.2 Å². The van der Waals surface area contributed by atoms with E-state index >= 15 is 0 Å². The van der Waals surface area contributed by atoms with Gasteiger partial charge in [-0.2, -0.15) is 0 Å². The Kier molecular flexibility index (Phi) is 11.5. The highest BCUT2D eigenvalue weighted by Crippen LogP contribution is 2.34. The zero-order valence-corrected chi connectivity index (χ0v) is 20.5. The van der Waals surface area contributed by atoms with Gasteiger partial charge in [0.15, 0.2) is 0 Å². The molecule has 164 valence electrons. The van der Waals surface area contributed by atoms with Crippen LogP contribution in [0.1, 0.15) is 82.3 Å². The van der Waals surface area contributed by atoms with Crippen molar-refractivity contribution in [3.63, 3.8) is 0 Å². The molecule has 0 atom stereocenters. The van der Waals surface area contributed by atoms with E-state index in [9.17, 15) is 5.11 Å². The number of nitrogens with zero attached hydrogens (tertiary/aromatic N) is 1. The van der Waals surface area contributed by atoms with Crippen molar-refractivity contribution in [2.45, 2.75) is 80.6 Å². The second-order valence-corrected chi connectivity index (χ2v) is 7.08. The third-order valence-corrected chi connectivity index (χ3v) is 5.32. The summed E-state index contributed by atoms with van der Waals surface area (Å²) in [7, 11) is 0. The molecule has 0 aliphatic heterocycles. The minimum absolute atomic E-state index is 0.313. The molecule has 1 aromatic heterocycles. The molecule has 2 nitrogen and oxygen atoms in total. The predicted molar refractivity (Wildman–Crippen MR) is 133 cm³/mol. The van der Waals surface area contributed by atoms with Crippen LogP contribution in [0.5, 0.6) is 5.75 Å². The maximum atomic E-state index is 10.6. The lowest BCUT2D eigenvalue weighted by Gasteiger charge is -2.19. The fraction of sp³-hybridized carbons (Fsp3) is 0.444. The summed E-state index contributed by atoms with van der Waals surface area (Å²) in [6.07, 6.45) is 5.32. The lowest BCUT2D eigenvalue weighted by atomic mass is 9.88. The van der Waals surface area contributed by atoms with Gasteiger partial charge < -0.3 is 5.11 Å². The second kappa shape index (κ2) is 13.3. The number of hydrogen-bond donors (Lipinski definition) is 1. The Morgan fingerprint density at radius 1 is 0.867 bits per heavy atom. The van der Waals surface area contributed by atoms with Crippen LogP contribution >= 0.6 is 11.6 Å². The van der Waals surface area contributed by atoms with Crippen molar-refractivity contribution in [2.24, 2.45) is 0 Å². The van der Waals surface area contributed by atoms with Gasteiger partial charge in [-0.05, 0) is 61.4 Å². The quantitative estimate of drug-likeness (QED) is 0.444. The molecule has 0 bridgehead atoms. The molecule has 3 aromatic rings. The van der Waals surface area contributed by atoms with Gasteiger partial charge in [-0.15, -0.1) is 0 Å². The number of halogens is 1. The molecular formula is C27H38ClNO. The minimum atomic E-state index is 0.313. The molecule has 30 heavy (non-hydrogen) atoms. The van der Waals surface area contributed by atoms with Gasteiger partial charge in [-0.1, -0.05) is 77.4 Å². The van der Waals surface area contributed by atoms with Gasteiger partial charge in [0, 0.05) is 22.4 Å². The molecule has 1 N–H and O–H groups in total. The minimum Gasteiger partial charge on any atom is -0.506 e. The Balaban J connectivity index is 0.000000691. The van der Waals surface area contributed by atoms with Crippen molar-refractivity contribution in [1.82, 2.24) is 4.98 Å². The molecule has 0 saturated carbocycles. The van der Waals surface area contributed by atoms with Crippen LogP contribution in [0, 0.1) is 6.92 Å². The first-order valence-corrected chi connectivity index (χ1v) is 11.9. The average molecular weight is 428 g/mol. The number of hydrogen-bond acceptors (Lipinski definition) is 2. The van der Waals surface area contributed by atoms with E-state index in [2.05, 4.69) is 12.1 Å². The Hall–Kier alpha value is -2.06. The highest BCUT2D eigenvalue weighted by Gasteiger charge is 2.18. The fourth-order valence-electron chi connectivity index (χ4n) is 3.69. The molecule has 2 aromatic carbocycles. The molecule has 0 fully saturated rings. The summed E-state index contributed by atoms with van der Waals surface area (Å²) in [5.41, 5.74) is 6.65. The van der Waals surface area contributed by atoms with E-state index in [1.165, 1.54) is 24.0 Å². The van der Waals surface area contributed by atoms with Gasteiger partial charge in [0.25, 0.3) is 0 Å². The SMILES string of the molecule is CC.CC.CC.Cc1c(O)c(Cc2ccc(Cl)cc2)nc2c3c(ccc12)CCCC3. The Bertz CT molecular complexity index is 917. The molecule has 1 aliphatic carbocycles. The van der Waals surface area contributed by atoms with Crippen LogP contribution in [-0.4, -0.2) is 10.1 Å². The first-order chi connectivity index (χ1) is 14.6. The van der Waals surface area contributed by atoms with Crippen molar-refractivity contribution in [2.75, 3.05) is 0 Å². The predicted octanol–water partition coefficient (Wildman–Crippen LogP) is 8.45. The monoisotopic (exact) mass is 427 g/mol. The number of benzene rings is 2. The summed E-state index contributed by atoms with van der Waals surface area (Å²) >= 11 is 5.96. The molecule has 0 spiro atoms. The topological polar surface area (TPSA) is 33.1 Å². The van der Waals surface area contributed by atoms with Crippen molar-refractivity contribution in [3.8, 4) is 5.75 Å². The highest BCUT2D eigenvalue weighted by molar-refractivity contribution is 6.30. The van der Waals surface area contributed by atoms with Crippen molar-refractivity contribution in [1.29, 1.82) is 0 Å². The van der Waals surface area contributed by atoms with E-state index in [-0.39, 0.29) is 0 Å². The van der Waals surface area contributed by atoms with Gasteiger partial charge in [-0.3, -0.25) is 0 Å². The summed E-state index contributed by atoms with van der Waals surface area (Å²) in [6, 6.07) is 12.1. The van der Waals surface area contributed by atoms with Crippen molar-refractivity contribution >= 4 is 22.5 Å². The number of pyridine rings is 1. The van der Waals surface area contributed by atoms with Crippen LogP contribution in [0.2, 0.25) is 5.02 Å². The number of aromatic hydroxyl groups is 1. The lowest BCUT2D eigenvalue weighted by molar-refractivity contribution is 0.463. The molecule has 3 heteroatoms. The largest absolute Gasteiger partial charge is 0.506 e. The Morgan fingerprint density at radius 2 is 1.47 bits per heavy atom. The summed E-state index contributed by atoms with van der Waals surface area (Å²) in [6.45, 7) is 14.0. The van der Waals surface area contributed by atoms with Gasteiger partial charge >= 0.3 is 0 Å². The zero-order chi connectivity index (χ0) is 22.7. The third kappa shape index (κ3) is 5.98. The number of aryl methyl sites for hydroxylation is 3. The lowest BCUT2D eigenvalue weighted by Crippen LogP contribution is -2.06. The maximum Gasteiger partial charge on any atom is 0.140 e. The summed E-state index contributed by atoms with van der Waals surface area (Å²) in [5, 5.41) is 12.4. The number of rotatable bonds is 2. The molecule has 0 radical (unpaired) electrons. The van der Waals surface area contributed by atoms with Gasteiger partial charge in [0.2, 0.25) is 0 Å². The smallest absolute Gasteiger partial charge is 0.140 e. The Labute approximate surface area is 188 Å². The van der Waals surface area contributed by atoms with Crippen LogP contribution in [0.15, 0.2) is 36.4 Å². The van der Waals surface area contributed by atoms with E-state index in [1.807, 2.05) is 72.7 Å².